The summed E-state index contributed by atoms with van der Waals surface area (Å²) in [6, 6.07) is 19.3. The lowest BCUT2D eigenvalue weighted by Crippen LogP contribution is -2.46. The monoisotopic (exact) mass is 803 g/mol. The quantitative estimate of drug-likeness (QED) is 0.0645. The molecule has 6 aromatic rings. The number of anilines is 2. The van der Waals surface area contributed by atoms with E-state index in [4.69, 9.17) is 11.5 Å². The highest BCUT2D eigenvalue weighted by Gasteiger charge is 2.19. The van der Waals surface area contributed by atoms with Crippen LogP contribution in [0.15, 0.2) is 72.8 Å². The van der Waals surface area contributed by atoms with Gasteiger partial charge in [-0.3, -0.25) is 28.8 Å². The molecule has 0 fully saturated rings. The van der Waals surface area contributed by atoms with E-state index in [0.29, 0.717) is 61.0 Å². The Labute approximate surface area is 339 Å². The van der Waals surface area contributed by atoms with Crippen LogP contribution in [0.4, 0.5) is 11.4 Å². The molecule has 0 aliphatic heterocycles. The van der Waals surface area contributed by atoms with Gasteiger partial charge in [-0.2, -0.15) is 0 Å². The van der Waals surface area contributed by atoms with Crippen LogP contribution in [0.5, 0.6) is 0 Å². The molecule has 59 heavy (non-hydrogen) atoms. The predicted molar refractivity (Wildman–Crippen MR) is 227 cm³/mol. The standard InChI is InChI=1S/C42H49N11O6/c1-21(2)35(43)41(58)47-13-11-45-38(55)32-19-25-16-27(6-9-30(25)51-32)49-37(54)23-5-8-29-24(15-23)18-34(53-29)40(57)50-28-7-10-31-26(17-28)20-33(52-31)39(56)46-12-14-48-42(59)36(44)22(3)4/h5-10,15-22,35-36,51-53H,11-14,43-44H2,1-4H3,(H,45,55)(H,46,56)(H,47,58)(H,48,59)(H,49,54)(H,50,57)/t35-,36-/m0/s1. The number of nitrogens with two attached hydrogens (primary N) is 2. The molecule has 0 aliphatic carbocycles. The molecule has 0 aliphatic rings. The van der Waals surface area contributed by atoms with Gasteiger partial charge in [0.25, 0.3) is 23.6 Å². The van der Waals surface area contributed by atoms with Crippen LogP contribution in [0.25, 0.3) is 32.7 Å². The highest BCUT2D eigenvalue weighted by Crippen LogP contribution is 2.24. The van der Waals surface area contributed by atoms with Gasteiger partial charge in [0, 0.05) is 75.8 Å². The molecule has 3 aromatic heterocycles. The van der Waals surface area contributed by atoms with Gasteiger partial charge in [-0.1, -0.05) is 27.7 Å². The Morgan fingerprint density at radius 3 is 1.29 bits per heavy atom. The first-order valence-electron chi connectivity index (χ1n) is 19.3. The van der Waals surface area contributed by atoms with E-state index in [1.54, 1.807) is 72.8 Å². The summed E-state index contributed by atoms with van der Waals surface area (Å²) in [6.07, 6.45) is 0. The van der Waals surface area contributed by atoms with E-state index in [1.165, 1.54) is 0 Å². The molecule has 3 heterocycles. The van der Waals surface area contributed by atoms with Gasteiger partial charge in [-0.15, -0.1) is 0 Å². The lowest BCUT2D eigenvalue weighted by Gasteiger charge is -2.15. The molecule has 6 amide bonds. The number of nitrogens with one attached hydrogen (secondary N) is 9. The van der Waals surface area contributed by atoms with Crippen molar-refractivity contribution in [3.63, 3.8) is 0 Å². The van der Waals surface area contributed by atoms with Crippen LogP contribution in [0.2, 0.25) is 0 Å². The van der Waals surface area contributed by atoms with Crippen molar-refractivity contribution in [2.24, 2.45) is 23.3 Å². The fourth-order valence-corrected chi connectivity index (χ4v) is 6.22. The van der Waals surface area contributed by atoms with Crippen molar-refractivity contribution in [3.05, 3.63) is 95.4 Å². The van der Waals surface area contributed by atoms with Crippen molar-refractivity contribution < 1.29 is 28.8 Å². The summed E-state index contributed by atoms with van der Waals surface area (Å²) < 4.78 is 0. The first kappa shape index (κ1) is 41.6. The van der Waals surface area contributed by atoms with Crippen molar-refractivity contribution in [3.8, 4) is 0 Å². The number of aromatic nitrogens is 3. The number of hydrogen-bond donors (Lipinski definition) is 11. The first-order valence-corrected chi connectivity index (χ1v) is 19.3. The van der Waals surface area contributed by atoms with Crippen molar-refractivity contribution in [2.45, 2.75) is 39.8 Å². The number of carbonyl (C=O) groups is 6. The largest absolute Gasteiger partial charge is 0.353 e. The Bertz CT molecular complexity index is 2410. The smallest absolute Gasteiger partial charge is 0.272 e. The highest BCUT2D eigenvalue weighted by molar-refractivity contribution is 6.10. The SMILES string of the molecule is CC(C)[C@H](N)C(=O)NCCNC(=O)c1cc2cc(NC(=O)c3ccc4[nH]c(C(=O)Nc5ccc6[nH]c(C(=O)NCCNC(=O)[C@@H](N)C(C)C)cc6c5)cc4c3)ccc2[nH]1. The number of amides is 6. The Morgan fingerprint density at radius 2 is 0.847 bits per heavy atom. The van der Waals surface area contributed by atoms with E-state index in [9.17, 15) is 28.8 Å². The highest BCUT2D eigenvalue weighted by atomic mass is 16.2. The topological polar surface area (TPSA) is 274 Å². The van der Waals surface area contributed by atoms with Gasteiger partial charge in [-0.05, 0) is 84.6 Å². The maximum absolute atomic E-state index is 13.3. The number of carbonyl (C=O) groups excluding carboxylic acids is 6. The van der Waals surface area contributed by atoms with Crippen molar-refractivity contribution in [2.75, 3.05) is 36.8 Å². The van der Waals surface area contributed by atoms with Gasteiger partial charge in [-0.25, -0.2) is 0 Å². The third-order valence-electron chi connectivity index (χ3n) is 9.84. The summed E-state index contributed by atoms with van der Waals surface area (Å²) in [5, 5.41) is 18.8. The van der Waals surface area contributed by atoms with Gasteiger partial charge in [0.15, 0.2) is 0 Å². The number of fused-ring (bicyclic) bond motifs is 3. The lowest BCUT2D eigenvalue weighted by molar-refractivity contribution is -0.124. The van der Waals surface area contributed by atoms with E-state index in [1.807, 2.05) is 27.7 Å². The van der Waals surface area contributed by atoms with E-state index in [0.717, 1.165) is 0 Å². The molecular weight excluding hydrogens is 755 g/mol. The average Bonchev–Trinajstić information content (AvgIpc) is 3.96. The van der Waals surface area contributed by atoms with Gasteiger partial charge in [0.1, 0.15) is 17.1 Å². The number of H-pyrrole nitrogens is 3. The Morgan fingerprint density at radius 1 is 0.475 bits per heavy atom. The van der Waals surface area contributed by atoms with Gasteiger partial charge < -0.3 is 58.3 Å². The lowest BCUT2D eigenvalue weighted by atomic mass is 10.1. The molecule has 6 rings (SSSR count). The minimum atomic E-state index is -0.618. The summed E-state index contributed by atoms with van der Waals surface area (Å²) in [6.45, 7) is 8.35. The summed E-state index contributed by atoms with van der Waals surface area (Å²) in [7, 11) is 0. The fourth-order valence-electron chi connectivity index (χ4n) is 6.22. The second-order valence-electron chi connectivity index (χ2n) is 15.0. The summed E-state index contributed by atoms with van der Waals surface area (Å²) in [5.41, 5.74) is 16.1. The third-order valence-corrected chi connectivity index (χ3v) is 9.84. The summed E-state index contributed by atoms with van der Waals surface area (Å²) in [5.74, 6) is -2.00. The van der Waals surface area contributed by atoms with Crippen LogP contribution in [-0.4, -0.2) is 88.7 Å². The Kier molecular flexibility index (Phi) is 12.8. The average molecular weight is 804 g/mol. The second-order valence-corrected chi connectivity index (χ2v) is 15.0. The summed E-state index contributed by atoms with van der Waals surface area (Å²) >= 11 is 0. The molecule has 0 unspecified atom stereocenters. The fraction of sp³-hybridized carbons (Fsp3) is 0.286. The molecule has 0 spiro atoms. The molecule has 17 nitrogen and oxygen atoms in total. The van der Waals surface area contributed by atoms with Crippen LogP contribution in [0.3, 0.4) is 0 Å². The van der Waals surface area contributed by atoms with Crippen LogP contribution in [0.1, 0.15) is 69.5 Å². The normalized spacial score (nSPS) is 12.4. The van der Waals surface area contributed by atoms with Crippen LogP contribution < -0.4 is 43.4 Å². The van der Waals surface area contributed by atoms with Gasteiger partial charge >= 0.3 is 0 Å². The van der Waals surface area contributed by atoms with Gasteiger partial charge in [0.05, 0.1) is 12.1 Å². The Balaban J connectivity index is 1.02. The zero-order valence-corrected chi connectivity index (χ0v) is 33.2. The molecule has 13 N–H and O–H groups in total. The van der Waals surface area contributed by atoms with Crippen molar-refractivity contribution in [1.82, 2.24) is 36.2 Å². The van der Waals surface area contributed by atoms with Crippen LogP contribution >= 0.6 is 0 Å². The molecular formula is C42H49N11O6. The number of rotatable bonds is 16. The van der Waals surface area contributed by atoms with Crippen molar-refractivity contribution in [1.29, 1.82) is 0 Å². The zero-order chi connectivity index (χ0) is 42.4. The minimum Gasteiger partial charge on any atom is -0.353 e. The molecule has 2 atom stereocenters. The predicted octanol–water partition coefficient (Wildman–Crippen LogP) is 3.29. The molecule has 3 aromatic carbocycles. The number of aromatic amines is 3. The van der Waals surface area contributed by atoms with Crippen molar-refractivity contribution >= 4 is 79.5 Å². The number of benzene rings is 3. The maximum Gasteiger partial charge on any atom is 0.272 e. The first-order chi connectivity index (χ1) is 28.2. The Hall–Kier alpha value is -6.98. The molecule has 0 bridgehead atoms. The van der Waals surface area contributed by atoms with E-state index in [2.05, 4.69) is 46.9 Å². The third kappa shape index (κ3) is 10.1. The molecule has 17 heteroatoms. The zero-order valence-electron chi connectivity index (χ0n) is 33.2. The van der Waals surface area contributed by atoms with E-state index in [-0.39, 0.29) is 73.2 Å². The van der Waals surface area contributed by atoms with E-state index >= 15 is 0 Å². The molecule has 0 saturated heterocycles. The van der Waals surface area contributed by atoms with Gasteiger partial charge in [0.2, 0.25) is 11.8 Å². The molecule has 308 valence electrons. The maximum atomic E-state index is 13.3. The minimum absolute atomic E-state index is 0.000334. The summed E-state index contributed by atoms with van der Waals surface area (Å²) in [4.78, 5) is 85.3. The van der Waals surface area contributed by atoms with Crippen LogP contribution in [0, 0.1) is 11.8 Å². The second kappa shape index (κ2) is 18.1. The number of hydrogen-bond acceptors (Lipinski definition) is 8. The molecule has 0 saturated carbocycles. The van der Waals surface area contributed by atoms with E-state index < -0.39 is 18.0 Å². The van der Waals surface area contributed by atoms with Crippen LogP contribution in [-0.2, 0) is 9.59 Å². The molecule has 0 radical (unpaired) electrons.